The molecular weight excluding hydrogens is 324 g/mol. The van der Waals surface area contributed by atoms with Crippen molar-refractivity contribution in [2.45, 2.75) is 26.2 Å². The second-order valence-electron chi connectivity index (χ2n) is 1.88. The molecule has 0 aliphatic carbocycles. The second-order valence-corrected chi connectivity index (χ2v) is 4.39. The van der Waals surface area contributed by atoms with Gasteiger partial charge in [0.15, 0.2) is 0 Å². The van der Waals surface area contributed by atoms with Crippen molar-refractivity contribution in [2.24, 2.45) is 0 Å². The first kappa shape index (κ1) is 10.4. The van der Waals surface area contributed by atoms with Gasteiger partial charge in [-0.15, -0.1) is 0 Å². The van der Waals surface area contributed by atoms with E-state index in [0.29, 0.717) is 0 Å². The molecule has 0 nitrogen and oxygen atoms in total. The summed E-state index contributed by atoms with van der Waals surface area (Å²) in [7, 11) is 5.56. The molecule has 0 saturated carbocycles. The molecule has 62 valence electrons. The average Bonchev–Trinajstić information content (AvgIpc) is 1.97. The van der Waals surface area contributed by atoms with Gasteiger partial charge in [0.2, 0.25) is 0 Å². The van der Waals surface area contributed by atoms with Gasteiger partial charge in [0, 0.05) is 0 Å². The molecule has 10 heavy (non-hydrogen) atoms. The summed E-state index contributed by atoms with van der Waals surface area (Å²) >= 11 is -0.258. The summed E-state index contributed by atoms with van der Waals surface area (Å²) < 4.78 is 2.11. The minimum atomic E-state index is -0.258. The molecule has 0 aliphatic heterocycles. The molecule has 0 amide bonds. The van der Waals surface area contributed by atoms with E-state index in [1.165, 1.54) is 0 Å². The van der Waals surface area contributed by atoms with Crippen LogP contribution in [0.1, 0.15) is 26.2 Å². The predicted octanol–water partition coefficient (Wildman–Crippen LogP) is 3.48. The number of allylic oxidation sites excluding steroid dienone is 3. The SMILES string of the molecule is CCC=CCCC=[CH][Ir-][Cl]. The van der Waals surface area contributed by atoms with E-state index in [4.69, 9.17) is 9.58 Å². The monoisotopic (exact) mass is 337 g/mol. The summed E-state index contributed by atoms with van der Waals surface area (Å²) in [5.74, 6) is 0. The van der Waals surface area contributed by atoms with E-state index in [0.717, 1.165) is 19.3 Å². The van der Waals surface area contributed by atoms with E-state index >= 15 is 0 Å². The van der Waals surface area contributed by atoms with Crippen LogP contribution in [0, 0.1) is 0 Å². The molecule has 0 aliphatic rings. The fourth-order valence-electron chi connectivity index (χ4n) is 0.562. The summed E-state index contributed by atoms with van der Waals surface area (Å²) in [5.41, 5.74) is 0. The van der Waals surface area contributed by atoms with E-state index < -0.39 is 0 Å². The molecule has 0 rings (SSSR count). The van der Waals surface area contributed by atoms with E-state index in [1.807, 2.05) is 0 Å². The van der Waals surface area contributed by atoms with Gasteiger partial charge in [-0.3, -0.25) is 0 Å². The van der Waals surface area contributed by atoms with Gasteiger partial charge in [-0.25, -0.2) is 0 Å². The topological polar surface area (TPSA) is 0 Å². The first-order valence-electron chi connectivity index (χ1n) is 3.42. The first-order chi connectivity index (χ1) is 4.91. The Morgan fingerprint density at radius 1 is 1.20 bits per heavy atom. The molecule has 0 aromatic heterocycles. The summed E-state index contributed by atoms with van der Waals surface area (Å²) in [6.07, 6.45) is 10.0. The summed E-state index contributed by atoms with van der Waals surface area (Å²) in [6, 6.07) is 0. The fourth-order valence-corrected chi connectivity index (χ4v) is 1.66. The van der Waals surface area contributed by atoms with Gasteiger partial charge in [-0.2, -0.15) is 0 Å². The van der Waals surface area contributed by atoms with E-state index in [-0.39, 0.29) is 16.7 Å². The van der Waals surface area contributed by atoms with Crippen molar-refractivity contribution >= 4 is 9.58 Å². The molecule has 0 fully saturated rings. The van der Waals surface area contributed by atoms with Gasteiger partial charge in [0.05, 0.1) is 0 Å². The van der Waals surface area contributed by atoms with Gasteiger partial charge in [0.25, 0.3) is 0 Å². The van der Waals surface area contributed by atoms with Crippen LogP contribution >= 0.6 is 9.58 Å². The van der Waals surface area contributed by atoms with Gasteiger partial charge in [0.1, 0.15) is 0 Å². The third kappa shape index (κ3) is 8.42. The zero-order chi connectivity index (χ0) is 7.66. The Kier molecular flexibility index (Phi) is 9.81. The van der Waals surface area contributed by atoms with Crippen LogP contribution in [0.5, 0.6) is 0 Å². The summed E-state index contributed by atoms with van der Waals surface area (Å²) in [6.45, 7) is 2.15. The van der Waals surface area contributed by atoms with Crippen molar-refractivity contribution in [3.8, 4) is 0 Å². The van der Waals surface area contributed by atoms with Crippen molar-refractivity contribution in [1.29, 1.82) is 0 Å². The average molecular weight is 337 g/mol. The third-order valence-corrected chi connectivity index (χ3v) is 2.58. The summed E-state index contributed by atoms with van der Waals surface area (Å²) in [4.78, 5) is 0. The Bertz CT molecular complexity index is 93.8. The van der Waals surface area contributed by atoms with E-state index in [2.05, 4.69) is 29.7 Å². The zero-order valence-corrected chi connectivity index (χ0v) is 9.29. The standard InChI is InChI=1S/C8H13.ClH.Ir/c1-3-5-7-8-6-4-2;;/h1,3,6,8H,4-5,7H2,2H3;1H;/p-1. The Balaban J connectivity index is 3.04. The number of halogens is 1. The molecule has 0 saturated heterocycles. The quantitative estimate of drug-likeness (QED) is 0.532. The van der Waals surface area contributed by atoms with E-state index in [1.54, 1.807) is 0 Å². The normalized spacial score (nSPS) is 12.2. The van der Waals surface area contributed by atoms with Gasteiger partial charge < -0.3 is 0 Å². The van der Waals surface area contributed by atoms with Crippen LogP contribution < -0.4 is 0 Å². The van der Waals surface area contributed by atoms with Gasteiger partial charge >= 0.3 is 75.3 Å². The van der Waals surface area contributed by atoms with Crippen LogP contribution in [0.4, 0.5) is 0 Å². The van der Waals surface area contributed by atoms with Crippen molar-refractivity contribution < 1.29 is 16.7 Å². The fraction of sp³-hybridized carbons (Fsp3) is 0.500. The Morgan fingerprint density at radius 3 is 2.50 bits per heavy atom. The Morgan fingerprint density at radius 2 is 1.90 bits per heavy atom. The molecule has 2 heteroatoms. The molecule has 0 N–H and O–H groups in total. The van der Waals surface area contributed by atoms with E-state index in [9.17, 15) is 0 Å². The number of hydrogen-bond donors (Lipinski definition) is 0. The van der Waals surface area contributed by atoms with Crippen LogP contribution in [-0.4, -0.2) is 0 Å². The van der Waals surface area contributed by atoms with Crippen molar-refractivity contribution in [2.75, 3.05) is 0 Å². The molecule has 0 atom stereocenters. The Hall–Kier alpha value is 0.419. The van der Waals surface area contributed by atoms with Crippen LogP contribution in [0.25, 0.3) is 0 Å². The molecule has 0 heterocycles. The van der Waals surface area contributed by atoms with Crippen molar-refractivity contribution in [3.05, 3.63) is 22.8 Å². The van der Waals surface area contributed by atoms with Crippen molar-refractivity contribution in [1.82, 2.24) is 0 Å². The van der Waals surface area contributed by atoms with Crippen molar-refractivity contribution in [3.63, 3.8) is 0 Å². The molecule has 0 radical (unpaired) electrons. The maximum atomic E-state index is 5.56. The van der Waals surface area contributed by atoms with Gasteiger partial charge in [-0.1, -0.05) is 0 Å². The second kappa shape index (κ2) is 9.42. The van der Waals surface area contributed by atoms with Crippen LogP contribution in [0.15, 0.2) is 22.8 Å². The predicted molar refractivity (Wildman–Crippen MR) is 43.7 cm³/mol. The first-order valence-corrected chi connectivity index (χ1v) is 7.77. The molecule has 0 unspecified atom stereocenters. The molecule has 0 spiro atoms. The molecular formula is C8H13ClIr-. The zero-order valence-electron chi connectivity index (χ0n) is 6.14. The summed E-state index contributed by atoms with van der Waals surface area (Å²) in [5, 5.41) is 0. The minimum absolute atomic E-state index is 0.258. The van der Waals surface area contributed by atoms with Crippen LogP contribution in [0.2, 0.25) is 0 Å². The third-order valence-electron chi connectivity index (χ3n) is 1.02. The molecule has 0 aromatic carbocycles. The number of hydrogen-bond acceptors (Lipinski definition) is 0. The van der Waals surface area contributed by atoms with Crippen LogP contribution in [0.3, 0.4) is 0 Å². The number of rotatable bonds is 5. The molecule has 0 bridgehead atoms. The number of unbranched alkanes of at least 4 members (excludes halogenated alkanes) is 1. The Labute approximate surface area is 75.3 Å². The van der Waals surface area contributed by atoms with Crippen LogP contribution in [-0.2, 0) is 16.7 Å². The maximum absolute atomic E-state index is 5.56. The molecule has 0 aromatic rings. The van der Waals surface area contributed by atoms with Gasteiger partial charge in [-0.05, 0) is 0 Å².